The predicted octanol–water partition coefficient (Wildman–Crippen LogP) is 3.66. The summed E-state index contributed by atoms with van der Waals surface area (Å²) in [6.45, 7) is 2.39. The van der Waals surface area contributed by atoms with Crippen molar-refractivity contribution in [2.24, 2.45) is 0 Å². The van der Waals surface area contributed by atoms with Crippen molar-refractivity contribution in [3.05, 3.63) is 64.4 Å². The molecule has 1 aromatic carbocycles. The van der Waals surface area contributed by atoms with E-state index in [-0.39, 0.29) is 10.6 Å². The Labute approximate surface area is 120 Å². The molecule has 0 radical (unpaired) electrons. The zero-order valence-electron chi connectivity index (χ0n) is 11.4. The van der Waals surface area contributed by atoms with Crippen LogP contribution >= 0.6 is 0 Å². The molecule has 106 valence electrons. The Hall–Kier alpha value is -2.89. The summed E-state index contributed by atoms with van der Waals surface area (Å²) in [5.41, 5.74) is 0.865. The maximum absolute atomic E-state index is 11.1. The fourth-order valence-corrected chi connectivity index (χ4v) is 2.25. The fraction of sp³-hybridized carbons (Fsp3) is 0.133. The summed E-state index contributed by atoms with van der Waals surface area (Å²) >= 11 is 0. The largest absolute Gasteiger partial charge is 0.465 e. The highest BCUT2D eigenvalue weighted by Gasteiger charge is 2.14. The van der Waals surface area contributed by atoms with Gasteiger partial charge in [0.2, 0.25) is 0 Å². The molecule has 0 saturated heterocycles. The minimum Gasteiger partial charge on any atom is -0.465 e. The lowest BCUT2D eigenvalue weighted by Gasteiger charge is -2.08. The van der Waals surface area contributed by atoms with Crippen LogP contribution < -0.4 is 5.32 Å². The van der Waals surface area contributed by atoms with Crippen LogP contribution in [0.5, 0.6) is 0 Å². The van der Waals surface area contributed by atoms with E-state index in [1.54, 1.807) is 24.5 Å². The van der Waals surface area contributed by atoms with E-state index in [1.165, 1.54) is 6.07 Å². The van der Waals surface area contributed by atoms with E-state index in [0.717, 1.165) is 22.6 Å². The van der Waals surface area contributed by atoms with E-state index >= 15 is 0 Å². The van der Waals surface area contributed by atoms with Crippen LogP contribution in [0.4, 0.5) is 11.4 Å². The minimum absolute atomic E-state index is 0.0757. The van der Waals surface area contributed by atoms with Gasteiger partial charge in [0.15, 0.2) is 0 Å². The quantitative estimate of drug-likeness (QED) is 0.583. The van der Waals surface area contributed by atoms with Crippen LogP contribution in [0, 0.1) is 17.0 Å². The van der Waals surface area contributed by atoms with E-state index in [9.17, 15) is 10.1 Å². The normalized spacial score (nSPS) is 10.7. The second-order valence-electron chi connectivity index (χ2n) is 4.68. The number of aryl methyl sites for hydroxylation is 1. The van der Waals surface area contributed by atoms with E-state index in [0.29, 0.717) is 11.9 Å². The molecule has 0 atom stereocenters. The molecule has 3 rings (SSSR count). The smallest absolute Gasteiger partial charge is 0.277 e. The molecule has 0 bridgehead atoms. The first-order chi connectivity index (χ1) is 10.1. The summed E-state index contributed by atoms with van der Waals surface area (Å²) in [6, 6.07) is 8.63. The molecule has 0 amide bonds. The highest BCUT2D eigenvalue weighted by Crippen LogP contribution is 2.30. The lowest BCUT2D eigenvalue weighted by molar-refractivity contribution is -0.383. The fourth-order valence-electron chi connectivity index (χ4n) is 2.25. The summed E-state index contributed by atoms with van der Waals surface area (Å²) in [5.74, 6) is 1.66. The van der Waals surface area contributed by atoms with Crippen LogP contribution in [0.1, 0.15) is 11.5 Å². The van der Waals surface area contributed by atoms with Crippen LogP contribution in [0.3, 0.4) is 0 Å². The number of non-ortho nitro benzene ring substituents is 1. The first-order valence-corrected chi connectivity index (χ1v) is 6.45. The van der Waals surface area contributed by atoms with Gasteiger partial charge in [-0.05, 0) is 31.2 Å². The van der Waals surface area contributed by atoms with Gasteiger partial charge in [-0.15, -0.1) is 0 Å². The van der Waals surface area contributed by atoms with Crippen molar-refractivity contribution in [1.82, 2.24) is 4.98 Å². The molecule has 1 N–H and O–H groups in total. The van der Waals surface area contributed by atoms with E-state index < -0.39 is 0 Å². The molecule has 3 aromatic rings. The lowest BCUT2D eigenvalue weighted by atomic mass is 10.1. The highest BCUT2D eigenvalue weighted by atomic mass is 16.6. The van der Waals surface area contributed by atoms with Crippen molar-refractivity contribution in [1.29, 1.82) is 0 Å². The Morgan fingerprint density at radius 3 is 2.81 bits per heavy atom. The second-order valence-corrected chi connectivity index (χ2v) is 4.68. The number of fused-ring (bicyclic) bond motifs is 1. The van der Waals surface area contributed by atoms with Gasteiger partial charge in [0.25, 0.3) is 5.69 Å². The average molecular weight is 283 g/mol. The van der Waals surface area contributed by atoms with Crippen LogP contribution in [0.25, 0.3) is 10.8 Å². The Morgan fingerprint density at radius 2 is 2.10 bits per heavy atom. The topological polar surface area (TPSA) is 81.2 Å². The number of furan rings is 1. The minimum atomic E-state index is -0.387. The maximum Gasteiger partial charge on any atom is 0.277 e. The molecule has 2 aromatic heterocycles. The number of nitrogens with zero attached hydrogens (tertiary/aromatic N) is 2. The van der Waals surface area contributed by atoms with Crippen molar-refractivity contribution in [2.75, 3.05) is 5.32 Å². The van der Waals surface area contributed by atoms with Gasteiger partial charge in [-0.3, -0.25) is 15.1 Å². The molecule has 0 aliphatic heterocycles. The molecule has 0 aliphatic carbocycles. The van der Waals surface area contributed by atoms with Crippen LogP contribution in [-0.4, -0.2) is 9.91 Å². The molecular formula is C15H13N3O3. The van der Waals surface area contributed by atoms with Gasteiger partial charge >= 0.3 is 0 Å². The monoisotopic (exact) mass is 283 g/mol. The van der Waals surface area contributed by atoms with E-state index in [1.807, 2.05) is 19.1 Å². The van der Waals surface area contributed by atoms with Crippen LogP contribution in [0.15, 0.2) is 47.1 Å². The molecule has 6 nitrogen and oxygen atoms in total. The Bertz CT molecular complexity index is 811. The summed E-state index contributed by atoms with van der Waals surface area (Å²) in [7, 11) is 0. The van der Waals surface area contributed by atoms with Crippen molar-refractivity contribution < 1.29 is 9.34 Å². The molecule has 0 saturated carbocycles. The Balaban J connectivity index is 1.96. The predicted molar refractivity (Wildman–Crippen MR) is 79.2 cm³/mol. The second kappa shape index (κ2) is 5.24. The van der Waals surface area contributed by atoms with Crippen molar-refractivity contribution >= 4 is 22.1 Å². The number of aromatic nitrogens is 1. The van der Waals surface area contributed by atoms with Gasteiger partial charge in [-0.1, -0.05) is 0 Å². The molecule has 21 heavy (non-hydrogen) atoms. The number of benzene rings is 1. The number of anilines is 1. The van der Waals surface area contributed by atoms with Gasteiger partial charge in [-0.2, -0.15) is 0 Å². The third-order valence-corrected chi connectivity index (χ3v) is 3.24. The average Bonchev–Trinajstić information content (AvgIpc) is 2.90. The summed E-state index contributed by atoms with van der Waals surface area (Å²) < 4.78 is 5.49. The lowest BCUT2D eigenvalue weighted by Crippen LogP contribution is -2.00. The first-order valence-electron chi connectivity index (χ1n) is 6.45. The SMILES string of the molecule is Cc1ccc(CNc2ccc([N+](=O)[O-])c3ccncc23)o1. The molecule has 0 fully saturated rings. The highest BCUT2D eigenvalue weighted by molar-refractivity contribution is 5.99. The third kappa shape index (κ3) is 2.55. The van der Waals surface area contributed by atoms with Gasteiger partial charge in [0.1, 0.15) is 11.5 Å². The summed E-state index contributed by atoms with van der Waals surface area (Å²) in [4.78, 5) is 14.7. The number of nitrogens with one attached hydrogen (secondary N) is 1. The number of nitro benzene ring substituents is 1. The maximum atomic E-state index is 11.1. The molecular weight excluding hydrogens is 270 g/mol. The van der Waals surface area contributed by atoms with Crippen molar-refractivity contribution in [3.8, 4) is 0 Å². The number of rotatable bonds is 4. The number of hydrogen-bond donors (Lipinski definition) is 1. The van der Waals surface area contributed by atoms with Gasteiger partial charge in [0.05, 0.1) is 16.9 Å². The number of nitro groups is 1. The first kappa shape index (κ1) is 13.1. The molecule has 0 spiro atoms. The van der Waals surface area contributed by atoms with Gasteiger partial charge < -0.3 is 9.73 Å². The summed E-state index contributed by atoms with van der Waals surface area (Å²) in [5, 5.41) is 15.6. The molecule has 0 aliphatic rings. The Morgan fingerprint density at radius 1 is 1.24 bits per heavy atom. The summed E-state index contributed by atoms with van der Waals surface area (Å²) in [6.07, 6.45) is 3.17. The van der Waals surface area contributed by atoms with Crippen molar-refractivity contribution in [2.45, 2.75) is 13.5 Å². The van der Waals surface area contributed by atoms with Crippen LogP contribution in [-0.2, 0) is 6.54 Å². The van der Waals surface area contributed by atoms with Gasteiger partial charge in [0, 0.05) is 29.5 Å². The zero-order valence-corrected chi connectivity index (χ0v) is 11.4. The van der Waals surface area contributed by atoms with Gasteiger partial charge in [-0.25, -0.2) is 0 Å². The van der Waals surface area contributed by atoms with Crippen molar-refractivity contribution in [3.63, 3.8) is 0 Å². The molecule has 6 heteroatoms. The van der Waals surface area contributed by atoms with Crippen LogP contribution in [0.2, 0.25) is 0 Å². The number of pyridine rings is 1. The standard InChI is InChI=1S/C15H13N3O3/c1-10-2-3-11(21-10)8-17-14-4-5-15(18(19)20)12-6-7-16-9-13(12)14/h2-7,9,17H,8H2,1H3. The van der Waals surface area contributed by atoms with E-state index in [2.05, 4.69) is 10.3 Å². The molecule has 2 heterocycles. The molecule has 0 unspecified atom stereocenters. The Kier molecular flexibility index (Phi) is 3.27. The zero-order chi connectivity index (χ0) is 14.8. The third-order valence-electron chi connectivity index (χ3n) is 3.24. The number of hydrogen-bond acceptors (Lipinski definition) is 5. The van der Waals surface area contributed by atoms with E-state index in [4.69, 9.17) is 4.42 Å².